The van der Waals surface area contributed by atoms with Crippen LogP contribution < -0.4 is 9.64 Å². The third kappa shape index (κ3) is 5.01. The molecular weight excluding hydrogens is 570 g/mol. The van der Waals surface area contributed by atoms with E-state index in [1.54, 1.807) is 23.9 Å². The smallest absolute Gasteiger partial charge is 0.465 e. The van der Waals surface area contributed by atoms with E-state index in [9.17, 15) is 18.0 Å². The second-order valence-corrected chi connectivity index (χ2v) is 11.6. The Hall–Kier alpha value is -4.06. The minimum absolute atomic E-state index is 0.0535. The number of halogens is 4. The quantitative estimate of drug-likeness (QED) is 0.167. The maximum atomic E-state index is 15.3. The monoisotopic (exact) mass is 599 g/mol. The Bertz CT molecular complexity index is 1700. The lowest BCUT2D eigenvalue weighted by molar-refractivity contribution is -0.274. The topological polar surface area (TPSA) is 79.0 Å². The molecule has 0 spiro atoms. The summed E-state index contributed by atoms with van der Waals surface area (Å²) in [5.74, 6) is -0.189. The average molecular weight is 600 g/mol. The van der Waals surface area contributed by atoms with Crippen molar-refractivity contribution in [2.75, 3.05) is 25.1 Å². The number of para-hydroxylation sites is 1. The van der Waals surface area contributed by atoms with E-state index in [2.05, 4.69) is 14.8 Å². The normalized spacial score (nSPS) is 21.6. The Morgan fingerprint density at radius 2 is 1.88 bits per heavy atom. The first-order valence-corrected chi connectivity index (χ1v) is 14.2. The van der Waals surface area contributed by atoms with Crippen LogP contribution in [0.3, 0.4) is 0 Å². The summed E-state index contributed by atoms with van der Waals surface area (Å²) in [5.41, 5.74) is 2.66. The number of ether oxygens (including phenoxy) is 3. The molecule has 8 nitrogen and oxygen atoms in total. The van der Waals surface area contributed by atoms with Crippen LogP contribution in [0.25, 0.3) is 22.2 Å². The van der Waals surface area contributed by atoms with Crippen molar-refractivity contribution in [1.82, 2.24) is 9.72 Å². The van der Waals surface area contributed by atoms with E-state index in [4.69, 9.17) is 14.0 Å². The van der Waals surface area contributed by atoms with Crippen LogP contribution in [0.2, 0.25) is 0 Å². The van der Waals surface area contributed by atoms with Gasteiger partial charge in [-0.15, -0.1) is 13.2 Å². The Morgan fingerprint density at radius 3 is 2.58 bits per heavy atom. The summed E-state index contributed by atoms with van der Waals surface area (Å²) in [6.45, 7) is 1.48. The molecule has 0 amide bonds. The van der Waals surface area contributed by atoms with Crippen molar-refractivity contribution in [2.45, 2.75) is 44.3 Å². The summed E-state index contributed by atoms with van der Waals surface area (Å²) in [5, 5.41) is 4.40. The Labute approximate surface area is 244 Å². The highest BCUT2D eigenvalue weighted by molar-refractivity contribution is 6.05. The maximum Gasteiger partial charge on any atom is 0.573 e. The lowest BCUT2D eigenvalue weighted by atomic mass is 9.68. The standard InChI is InChI=1S/C31H29F4N3O5/c1-37-14-21(30(39)40-2)26-23(32)10-19(11-24(26)37)38-12-17-9-18(13-38)28(17)41-15-22-27(36-43-29(22)16-7-8-16)20-5-3-4-6-25(20)42-31(33,34)35/h3-6,10-11,14,16-18,28H,7-9,12-13,15H2,1-2H3. The molecular formula is C31H29F4N3O5. The van der Waals surface area contributed by atoms with Gasteiger partial charge in [0, 0.05) is 60.9 Å². The number of fused-ring (bicyclic) bond motifs is 3. The Balaban J connectivity index is 1.09. The highest BCUT2D eigenvalue weighted by Gasteiger charge is 2.48. The minimum atomic E-state index is -4.84. The molecule has 12 heteroatoms. The van der Waals surface area contributed by atoms with Crippen LogP contribution in [-0.4, -0.2) is 48.4 Å². The third-order valence-electron chi connectivity index (χ3n) is 8.80. The molecule has 4 fully saturated rings. The van der Waals surface area contributed by atoms with Gasteiger partial charge < -0.3 is 28.2 Å². The fraction of sp³-hybridized carbons (Fsp3) is 0.419. The zero-order chi connectivity index (χ0) is 30.0. The highest BCUT2D eigenvalue weighted by atomic mass is 19.4. The van der Waals surface area contributed by atoms with Crippen LogP contribution in [0.1, 0.15) is 46.9 Å². The number of piperidine rings is 2. The van der Waals surface area contributed by atoms with Crippen LogP contribution in [0, 0.1) is 17.7 Å². The summed E-state index contributed by atoms with van der Waals surface area (Å²) >= 11 is 0. The Kier molecular flexibility index (Phi) is 6.64. The second-order valence-electron chi connectivity index (χ2n) is 11.6. The number of carbonyl (C=O) groups is 1. The van der Waals surface area contributed by atoms with Gasteiger partial charge in [0.25, 0.3) is 0 Å². The number of nitrogens with zero attached hydrogens (tertiary/aromatic N) is 3. The van der Waals surface area contributed by atoms with Gasteiger partial charge >= 0.3 is 12.3 Å². The van der Waals surface area contributed by atoms with Crippen molar-refractivity contribution in [1.29, 1.82) is 0 Å². The van der Waals surface area contributed by atoms with Crippen molar-refractivity contribution in [3.05, 3.63) is 65.3 Å². The van der Waals surface area contributed by atoms with Crippen molar-refractivity contribution >= 4 is 22.6 Å². The number of benzene rings is 2. The molecule has 2 unspecified atom stereocenters. The zero-order valence-electron chi connectivity index (χ0n) is 23.5. The molecule has 0 N–H and O–H groups in total. The molecule has 4 aromatic rings. The third-order valence-corrected chi connectivity index (χ3v) is 8.80. The van der Waals surface area contributed by atoms with Gasteiger partial charge in [0.1, 0.15) is 23.0 Å². The molecule has 2 saturated carbocycles. The number of aromatic nitrogens is 2. The average Bonchev–Trinajstić information content (AvgIpc) is 3.65. The van der Waals surface area contributed by atoms with E-state index in [1.807, 2.05) is 6.07 Å². The lowest BCUT2D eigenvalue weighted by Gasteiger charge is -2.53. The number of aryl methyl sites for hydroxylation is 1. The van der Waals surface area contributed by atoms with Crippen LogP contribution in [-0.2, 0) is 23.1 Å². The zero-order valence-corrected chi connectivity index (χ0v) is 23.5. The molecule has 43 heavy (non-hydrogen) atoms. The number of esters is 1. The van der Waals surface area contributed by atoms with Gasteiger partial charge in [-0.05, 0) is 43.5 Å². The molecule has 4 heterocycles. The molecule has 4 aliphatic rings. The predicted octanol–water partition coefficient (Wildman–Crippen LogP) is 6.58. The summed E-state index contributed by atoms with van der Waals surface area (Å²) in [4.78, 5) is 14.3. The van der Waals surface area contributed by atoms with E-state index in [-0.39, 0.29) is 52.7 Å². The van der Waals surface area contributed by atoms with Crippen LogP contribution >= 0.6 is 0 Å². The molecule has 2 aliphatic carbocycles. The summed E-state index contributed by atoms with van der Waals surface area (Å²) in [7, 11) is 3.03. The van der Waals surface area contributed by atoms with E-state index < -0.39 is 18.1 Å². The SMILES string of the molecule is COC(=O)c1cn(C)c2cc(N3CC4CC(C3)C4OCc3c(-c4ccccc4OC(F)(F)F)noc3C3CC3)cc(F)c12. The summed E-state index contributed by atoms with van der Waals surface area (Å²) in [6, 6.07) is 9.24. The van der Waals surface area contributed by atoms with Gasteiger partial charge in [0.2, 0.25) is 0 Å². The molecule has 2 saturated heterocycles. The molecule has 2 bridgehead atoms. The fourth-order valence-corrected chi connectivity index (χ4v) is 6.62. The van der Waals surface area contributed by atoms with Crippen LogP contribution in [0.15, 0.2) is 47.1 Å². The van der Waals surface area contributed by atoms with Crippen molar-refractivity contribution < 1.29 is 41.1 Å². The second kappa shape index (κ2) is 10.3. The number of methoxy groups -OCH3 is 1. The van der Waals surface area contributed by atoms with Crippen molar-refractivity contribution in [2.24, 2.45) is 18.9 Å². The van der Waals surface area contributed by atoms with Gasteiger partial charge in [-0.1, -0.05) is 17.3 Å². The first-order valence-electron chi connectivity index (χ1n) is 14.2. The van der Waals surface area contributed by atoms with Gasteiger partial charge in [-0.3, -0.25) is 0 Å². The van der Waals surface area contributed by atoms with Crippen LogP contribution in [0.4, 0.5) is 23.2 Å². The molecule has 2 aliphatic heterocycles. The number of alkyl halides is 3. The van der Waals surface area contributed by atoms with E-state index in [1.165, 1.54) is 31.4 Å². The largest absolute Gasteiger partial charge is 0.573 e. The van der Waals surface area contributed by atoms with Gasteiger partial charge in [0.05, 0.1) is 36.3 Å². The lowest BCUT2D eigenvalue weighted by Crippen LogP contribution is -2.59. The van der Waals surface area contributed by atoms with Gasteiger partial charge in [0.15, 0.2) is 0 Å². The molecule has 226 valence electrons. The molecule has 0 radical (unpaired) electrons. The summed E-state index contributed by atoms with van der Waals surface area (Å²) < 4.78 is 77.5. The van der Waals surface area contributed by atoms with E-state index >= 15 is 4.39 Å². The first kappa shape index (κ1) is 27.8. The summed E-state index contributed by atoms with van der Waals surface area (Å²) in [6.07, 6.45) is -0.505. The number of carbonyl (C=O) groups excluding carboxylic acids is 1. The van der Waals surface area contributed by atoms with Gasteiger partial charge in [-0.2, -0.15) is 0 Å². The molecule has 8 rings (SSSR count). The number of hydrogen-bond acceptors (Lipinski definition) is 7. The van der Waals surface area contributed by atoms with E-state index in [0.717, 1.165) is 24.9 Å². The fourth-order valence-electron chi connectivity index (χ4n) is 6.62. The van der Waals surface area contributed by atoms with Gasteiger partial charge in [-0.25, -0.2) is 9.18 Å². The van der Waals surface area contributed by atoms with Crippen molar-refractivity contribution in [3.8, 4) is 17.0 Å². The van der Waals surface area contributed by atoms with Crippen molar-refractivity contribution in [3.63, 3.8) is 0 Å². The predicted molar refractivity (Wildman–Crippen MR) is 147 cm³/mol. The minimum Gasteiger partial charge on any atom is -0.465 e. The molecule has 2 aromatic heterocycles. The Morgan fingerprint density at radius 1 is 1.14 bits per heavy atom. The molecule has 2 aromatic carbocycles. The molecule has 2 atom stereocenters. The van der Waals surface area contributed by atoms with Crippen LogP contribution in [0.5, 0.6) is 5.75 Å². The van der Waals surface area contributed by atoms with E-state index in [0.29, 0.717) is 35.6 Å². The number of hydrogen-bond donors (Lipinski definition) is 0. The number of rotatable bonds is 8. The maximum absolute atomic E-state index is 15.3. The first-order chi connectivity index (χ1) is 20.6. The number of anilines is 1. The highest BCUT2D eigenvalue weighted by Crippen LogP contribution is 2.48.